The summed E-state index contributed by atoms with van der Waals surface area (Å²) in [5.74, 6) is -0.897. The fraction of sp³-hybridized carbons (Fsp3) is 0.400. The summed E-state index contributed by atoms with van der Waals surface area (Å²) in [4.78, 5) is 40.9. The van der Waals surface area contributed by atoms with Gasteiger partial charge in [0.1, 0.15) is 0 Å². The number of benzene rings is 2. The molecule has 35 heavy (non-hydrogen) atoms. The SMILES string of the molecule is CC(=O)Nc1cc(NC(C)=O)cc(C(=O)Nc2ccc(N3CCOCC3)cc2N2CCOCC2)c1. The number of nitrogens with one attached hydrogen (secondary N) is 3. The minimum atomic E-state index is -0.350. The lowest BCUT2D eigenvalue weighted by atomic mass is 10.1. The van der Waals surface area contributed by atoms with E-state index in [9.17, 15) is 14.4 Å². The van der Waals surface area contributed by atoms with Gasteiger partial charge in [0.25, 0.3) is 5.91 Å². The summed E-state index contributed by atoms with van der Waals surface area (Å²) in [6.07, 6.45) is 0. The van der Waals surface area contributed by atoms with E-state index in [-0.39, 0.29) is 17.7 Å². The summed E-state index contributed by atoms with van der Waals surface area (Å²) in [5, 5.41) is 8.38. The van der Waals surface area contributed by atoms with Gasteiger partial charge in [-0.1, -0.05) is 0 Å². The van der Waals surface area contributed by atoms with Gasteiger partial charge in [0.15, 0.2) is 0 Å². The van der Waals surface area contributed by atoms with Crippen LogP contribution in [0.2, 0.25) is 0 Å². The molecule has 0 aliphatic carbocycles. The average molecular weight is 482 g/mol. The molecule has 2 aliphatic heterocycles. The van der Waals surface area contributed by atoms with Gasteiger partial charge in [-0.15, -0.1) is 0 Å². The van der Waals surface area contributed by atoms with Crippen molar-refractivity contribution in [1.82, 2.24) is 0 Å². The summed E-state index contributed by atoms with van der Waals surface area (Å²) in [5.41, 5.74) is 3.83. The summed E-state index contributed by atoms with van der Waals surface area (Å²) in [6.45, 7) is 8.46. The summed E-state index contributed by atoms with van der Waals surface area (Å²) < 4.78 is 11.0. The summed E-state index contributed by atoms with van der Waals surface area (Å²) in [6, 6.07) is 10.8. The van der Waals surface area contributed by atoms with Crippen molar-refractivity contribution in [3.63, 3.8) is 0 Å². The van der Waals surface area contributed by atoms with Crippen LogP contribution >= 0.6 is 0 Å². The molecule has 0 radical (unpaired) electrons. The Kier molecular flexibility index (Phi) is 7.84. The van der Waals surface area contributed by atoms with Crippen molar-refractivity contribution in [3.8, 4) is 0 Å². The van der Waals surface area contributed by atoms with Crippen LogP contribution in [0.3, 0.4) is 0 Å². The molecule has 10 heteroatoms. The smallest absolute Gasteiger partial charge is 0.255 e. The Balaban J connectivity index is 1.63. The molecule has 0 bridgehead atoms. The van der Waals surface area contributed by atoms with Crippen molar-refractivity contribution >= 4 is 46.2 Å². The zero-order chi connectivity index (χ0) is 24.8. The van der Waals surface area contributed by atoms with Crippen molar-refractivity contribution in [3.05, 3.63) is 42.0 Å². The highest BCUT2D eigenvalue weighted by molar-refractivity contribution is 6.08. The van der Waals surface area contributed by atoms with Crippen LogP contribution in [0.4, 0.5) is 28.4 Å². The number of ether oxygens (including phenoxy) is 2. The molecular weight excluding hydrogens is 450 g/mol. The summed E-state index contributed by atoms with van der Waals surface area (Å²) >= 11 is 0. The maximum absolute atomic E-state index is 13.3. The van der Waals surface area contributed by atoms with Gasteiger partial charge in [0.2, 0.25) is 11.8 Å². The van der Waals surface area contributed by atoms with Gasteiger partial charge in [-0.3, -0.25) is 14.4 Å². The van der Waals surface area contributed by atoms with E-state index in [0.29, 0.717) is 49.1 Å². The zero-order valence-corrected chi connectivity index (χ0v) is 20.1. The number of carbonyl (C=O) groups excluding carboxylic acids is 3. The quantitative estimate of drug-likeness (QED) is 0.581. The molecule has 3 N–H and O–H groups in total. The molecule has 2 heterocycles. The minimum Gasteiger partial charge on any atom is -0.378 e. The van der Waals surface area contributed by atoms with Crippen LogP contribution in [0.1, 0.15) is 24.2 Å². The molecule has 0 unspecified atom stereocenters. The second kappa shape index (κ2) is 11.2. The highest BCUT2D eigenvalue weighted by Gasteiger charge is 2.20. The second-order valence-electron chi connectivity index (χ2n) is 8.52. The van der Waals surface area contributed by atoms with Crippen LogP contribution in [0.15, 0.2) is 36.4 Å². The maximum atomic E-state index is 13.3. The van der Waals surface area contributed by atoms with Crippen molar-refractivity contribution < 1.29 is 23.9 Å². The van der Waals surface area contributed by atoms with Crippen LogP contribution in [-0.4, -0.2) is 70.3 Å². The lowest BCUT2D eigenvalue weighted by Crippen LogP contribution is -2.38. The number of morpholine rings is 2. The lowest BCUT2D eigenvalue weighted by Gasteiger charge is -2.33. The third kappa shape index (κ3) is 6.49. The third-order valence-corrected chi connectivity index (χ3v) is 5.79. The number of rotatable bonds is 6. The molecule has 186 valence electrons. The topological polar surface area (TPSA) is 112 Å². The zero-order valence-electron chi connectivity index (χ0n) is 20.1. The summed E-state index contributed by atoms with van der Waals surface area (Å²) in [7, 11) is 0. The molecule has 3 amide bonds. The first kappa shape index (κ1) is 24.5. The first-order chi connectivity index (χ1) is 16.9. The van der Waals surface area contributed by atoms with Crippen LogP contribution in [0.25, 0.3) is 0 Å². The highest BCUT2D eigenvalue weighted by Crippen LogP contribution is 2.33. The van der Waals surface area contributed by atoms with Crippen LogP contribution < -0.4 is 25.8 Å². The first-order valence-electron chi connectivity index (χ1n) is 11.7. The predicted octanol–water partition coefficient (Wildman–Crippen LogP) is 2.53. The lowest BCUT2D eigenvalue weighted by molar-refractivity contribution is -0.115. The molecule has 0 spiro atoms. The van der Waals surface area contributed by atoms with Crippen LogP contribution in [0, 0.1) is 0 Å². The average Bonchev–Trinajstić information content (AvgIpc) is 2.84. The number of nitrogens with zero attached hydrogens (tertiary/aromatic N) is 2. The maximum Gasteiger partial charge on any atom is 0.255 e. The fourth-order valence-corrected chi connectivity index (χ4v) is 4.21. The van der Waals surface area contributed by atoms with Gasteiger partial charge in [0, 0.05) is 62.7 Å². The Morgan fingerprint density at radius 2 is 1.26 bits per heavy atom. The van der Waals surface area contributed by atoms with E-state index < -0.39 is 0 Å². The standard InChI is InChI=1S/C25H31N5O5/c1-17(31)26-20-13-19(14-21(15-20)27-18(2)32)25(33)28-23-4-3-22(29-5-9-34-10-6-29)16-24(23)30-7-11-35-12-8-30/h3-4,13-16H,5-12H2,1-2H3,(H,26,31)(H,27,32)(H,28,33). The molecule has 2 aliphatic rings. The fourth-order valence-electron chi connectivity index (χ4n) is 4.21. The van der Waals surface area contributed by atoms with E-state index in [1.54, 1.807) is 18.2 Å². The van der Waals surface area contributed by atoms with Gasteiger partial charge < -0.3 is 35.2 Å². The number of amides is 3. The van der Waals surface area contributed by atoms with Crippen LogP contribution in [0.5, 0.6) is 0 Å². The Morgan fingerprint density at radius 3 is 1.80 bits per heavy atom. The van der Waals surface area contributed by atoms with Gasteiger partial charge >= 0.3 is 0 Å². The minimum absolute atomic E-state index is 0.273. The van der Waals surface area contributed by atoms with E-state index in [2.05, 4.69) is 31.8 Å². The molecule has 2 saturated heterocycles. The van der Waals surface area contributed by atoms with E-state index in [0.717, 1.165) is 37.6 Å². The van der Waals surface area contributed by atoms with Gasteiger partial charge in [0.05, 0.1) is 37.8 Å². The largest absolute Gasteiger partial charge is 0.378 e. The number of hydrogen-bond acceptors (Lipinski definition) is 7. The van der Waals surface area contributed by atoms with Crippen molar-refractivity contribution in [2.45, 2.75) is 13.8 Å². The Hall–Kier alpha value is -3.63. The number of hydrogen-bond donors (Lipinski definition) is 3. The Labute approximate surface area is 204 Å². The molecule has 10 nitrogen and oxygen atoms in total. The Bertz CT molecular complexity index is 1060. The van der Waals surface area contributed by atoms with Gasteiger partial charge in [-0.05, 0) is 36.4 Å². The Morgan fingerprint density at radius 1 is 0.714 bits per heavy atom. The van der Waals surface area contributed by atoms with E-state index in [1.165, 1.54) is 13.8 Å². The van der Waals surface area contributed by atoms with Crippen LogP contribution in [-0.2, 0) is 19.1 Å². The van der Waals surface area contributed by atoms with Crippen molar-refractivity contribution in [1.29, 1.82) is 0 Å². The molecule has 0 saturated carbocycles. The van der Waals surface area contributed by atoms with E-state index in [4.69, 9.17) is 9.47 Å². The van der Waals surface area contributed by atoms with Crippen molar-refractivity contribution in [2.24, 2.45) is 0 Å². The highest BCUT2D eigenvalue weighted by atomic mass is 16.5. The normalized spacial score (nSPS) is 15.9. The molecule has 0 atom stereocenters. The van der Waals surface area contributed by atoms with Gasteiger partial charge in [-0.25, -0.2) is 0 Å². The monoisotopic (exact) mass is 481 g/mol. The van der Waals surface area contributed by atoms with Crippen molar-refractivity contribution in [2.75, 3.05) is 78.4 Å². The number of carbonyl (C=O) groups is 3. The molecule has 4 rings (SSSR count). The molecule has 2 aromatic rings. The van der Waals surface area contributed by atoms with E-state index in [1.807, 2.05) is 12.1 Å². The molecule has 2 fully saturated rings. The van der Waals surface area contributed by atoms with E-state index >= 15 is 0 Å². The molecular formula is C25H31N5O5. The molecule has 0 aromatic heterocycles. The number of anilines is 5. The molecule has 2 aromatic carbocycles. The predicted molar refractivity (Wildman–Crippen MR) is 136 cm³/mol. The first-order valence-corrected chi connectivity index (χ1v) is 11.7. The third-order valence-electron chi connectivity index (χ3n) is 5.79. The second-order valence-corrected chi connectivity index (χ2v) is 8.52. The van der Waals surface area contributed by atoms with Gasteiger partial charge in [-0.2, -0.15) is 0 Å².